The van der Waals surface area contributed by atoms with Crippen LogP contribution >= 0.6 is 0 Å². The quantitative estimate of drug-likeness (QED) is 0.583. The third kappa shape index (κ3) is 3.56. The summed E-state index contributed by atoms with van der Waals surface area (Å²) in [7, 11) is 0. The molecule has 2 nitrogen and oxygen atoms in total. The summed E-state index contributed by atoms with van der Waals surface area (Å²) in [6.45, 7) is 4.36. The molecule has 1 atom stereocenters. The second kappa shape index (κ2) is 6.83. The minimum absolute atomic E-state index is 0.175. The Morgan fingerprint density at radius 3 is 2.70 bits per heavy atom. The maximum atomic E-state index is 10.3. The fourth-order valence-electron chi connectivity index (χ4n) is 3.22. The SMILES string of the molecule is CCCCCc1cc(O)cc(O)c1[C@@H]1C=C(C)CCC1. The molecule has 1 aromatic carbocycles. The lowest BCUT2D eigenvalue weighted by Gasteiger charge is -2.23. The predicted molar refractivity (Wildman–Crippen MR) is 83.3 cm³/mol. The van der Waals surface area contributed by atoms with E-state index >= 15 is 0 Å². The molecule has 0 aliphatic heterocycles. The zero-order valence-corrected chi connectivity index (χ0v) is 12.7. The van der Waals surface area contributed by atoms with Crippen LogP contribution in [0.15, 0.2) is 23.8 Å². The first kappa shape index (κ1) is 15.0. The van der Waals surface area contributed by atoms with Gasteiger partial charge in [-0.3, -0.25) is 0 Å². The number of aryl methyl sites for hydroxylation is 1. The summed E-state index contributed by atoms with van der Waals surface area (Å²) in [5, 5.41) is 20.0. The fraction of sp³-hybridized carbons (Fsp3) is 0.556. The van der Waals surface area contributed by atoms with Gasteiger partial charge in [-0.2, -0.15) is 0 Å². The van der Waals surface area contributed by atoms with E-state index < -0.39 is 0 Å². The second-order valence-electron chi connectivity index (χ2n) is 6.01. The normalized spacial score (nSPS) is 18.9. The Balaban J connectivity index is 2.31. The second-order valence-corrected chi connectivity index (χ2v) is 6.01. The number of phenolic OH excluding ortho intramolecular Hbond substituents is 2. The van der Waals surface area contributed by atoms with Gasteiger partial charge in [-0.15, -0.1) is 0 Å². The molecule has 0 unspecified atom stereocenters. The van der Waals surface area contributed by atoms with Gasteiger partial charge in [-0.1, -0.05) is 31.4 Å². The zero-order valence-electron chi connectivity index (χ0n) is 12.7. The van der Waals surface area contributed by atoms with E-state index in [0.29, 0.717) is 5.92 Å². The maximum Gasteiger partial charge on any atom is 0.123 e. The van der Waals surface area contributed by atoms with Crippen LogP contribution in [-0.2, 0) is 6.42 Å². The summed E-state index contributed by atoms with van der Waals surface area (Å²) in [6.07, 6.45) is 10.2. The first-order chi connectivity index (χ1) is 9.61. The van der Waals surface area contributed by atoms with Crippen molar-refractivity contribution in [2.24, 2.45) is 0 Å². The number of aromatic hydroxyl groups is 2. The molecule has 1 aliphatic rings. The third-order valence-electron chi connectivity index (χ3n) is 4.22. The molecule has 110 valence electrons. The lowest BCUT2D eigenvalue weighted by molar-refractivity contribution is 0.439. The summed E-state index contributed by atoms with van der Waals surface area (Å²) in [5.41, 5.74) is 3.57. The van der Waals surface area contributed by atoms with Gasteiger partial charge in [0.25, 0.3) is 0 Å². The molecule has 20 heavy (non-hydrogen) atoms. The van der Waals surface area contributed by atoms with Gasteiger partial charge < -0.3 is 10.2 Å². The summed E-state index contributed by atoms with van der Waals surface area (Å²) in [6, 6.07) is 3.32. The van der Waals surface area contributed by atoms with E-state index in [1.54, 1.807) is 0 Å². The van der Waals surface area contributed by atoms with E-state index in [-0.39, 0.29) is 11.5 Å². The number of phenols is 2. The van der Waals surface area contributed by atoms with E-state index in [1.807, 2.05) is 6.07 Å². The van der Waals surface area contributed by atoms with Crippen molar-refractivity contribution in [3.05, 3.63) is 34.9 Å². The van der Waals surface area contributed by atoms with Crippen LogP contribution in [0.3, 0.4) is 0 Å². The van der Waals surface area contributed by atoms with Crippen LogP contribution in [0.5, 0.6) is 11.5 Å². The van der Waals surface area contributed by atoms with Crippen LogP contribution in [-0.4, -0.2) is 10.2 Å². The highest BCUT2D eigenvalue weighted by molar-refractivity contribution is 5.49. The molecule has 0 fully saturated rings. The van der Waals surface area contributed by atoms with Crippen molar-refractivity contribution in [2.45, 2.75) is 64.7 Å². The molecule has 0 saturated heterocycles. The summed E-state index contributed by atoms with van der Waals surface area (Å²) < 4.78 is 0. The van der Waals surface area contributed by atoms with Crippen LogP contribution in [0, 0.1) is 0 Å². The van der Waals surface area contributed by atoms with Crippen LogP contribution in [0.1, 0.15) is 69.4 Å². The molecule has 1 aromatic rings. The highest BCUT2D eigenvalue weighted by Crippen LogP contribution is 2.40. The van der Waals surface area contributed by atoms with Crippen molar-refractivity contribution in [1.82, 2.24) is 0 Å². The van der Waals surface area contributed by atoms with Gasteiger partial charge in [0.05, 0.1) is 0 Å². The Morgan fingerprint density at radius 1 is 1.20 bits per heavy atom. The number of benzene rings is 1. The Bertz CT molecular complexity index is 488. The summed E-state index contributed by atoms with van der Waals surface area (Å²) in [5.74, 6) is 0.739. The van der Waals surface area contributed by atoms with E-state index in [4.69, 9.17) is 0 Å². The molecule has 2 N–H and O–H groups in total. The molecule has 0 spiro atoms. The van der Waals surface area contributed by atoms with Gasteiger partial charge in [-0.05, 0) is 50.7 Å². The minimum atomic E-state index is 0.175. The van der Waals surface area contributed by atoms with Gasteiger partial charge in [0.2, 0.25) is 0 Å². The smallest absolute Gasteiger partial charge is 0.123 e. The standard InChI is InChI=1S/C18H26O2/c1-3-4-5-8-15-11-16(19)12-17(20)18(15)14-9-6-7-13(2)10-14/h10-12,14,19-20H,3-9H2,1-2H3/t14-/m0/s1. The van der Waals surface area contributed by atoms with Crippen molar-refractivity contribution in [3.8, 4) is 11.5 Å². The Morgan fingerprint density at radius 2 is 2.00 bits per heavy atom. The summed E-state index contributed by atoms with van der Waals surface area (Å²) in [4.78, 5) is 0. The number of allylic oxidation sites excluding steroid dienone is 2. The molecule has 0 saturated carbocycles. The number of hydrogen-bond acceptors (Lipinski definition) is 2. The molecule has 0 amide bonds. The van der Waals surface area contributed by atoms with Gasteiger partial charge in [0, 0.05) is 17.5 Å². The van der Waals surface area contributed by atoms with Crippen LogP contribution in [0.2, 0.25) is 0 Å². The van der Waals surface area contributed by atoms with Crippen molar-refractivity contribution in [3.63, 3.8) is 0 Å². The van der Waals surface area contributed by atoms with Gasteiger partial charge >= 0.3 is 0 Å². The zero-order chi connectivity index (χ0) is 14.5. The summed E-state index contributed by atoms with van der Waals surface area (Å²) >= 11 is 0. The third-order valence-corrected chi connectivity index (χ3v) is 4.22. The van der Waals surface area contributed by atoms with Crippen molar-refractivity contribution < 1.29 is 10.2 Å². The van der Waals surface area contributed by atoms with Gasteiger partial charge in [0.1, 0.15) is 11.5 Å². The number of unbranched alkanes of at least 4 members (excludes halogenated alkanes) is 2. The minimum Gasteiger partial charge on any atom is -0.508 e. The van der Waals surface area contributed by atoms with Crippen molar-refractivity contribution >= 4 is 0 Å². The van der Waals surface area contributed by atoms with E-state index in [1.165, 1.54) is 37.3 Å². The topological polar surface area (TPSA) is 40.5 Å². The average Bonchev–Trinajstić information content (AvgIpc) is 2.38. The van der Waals surface area contributed by atoms with Crippen LogP contribution in [0.25, 0.3) is 0 Å². The highest BCUT2D eigenvalue weighted by atomic mass is 16.3. The van der Waals surface area contributed by atoms with Crippen LogP contribution < -0.4 is 0 Å². The molecular weight excluding hydrogens is 248 g/mol. The first-order valence-corrected chi connectivity index (χ1v) is 7.84. The molecule has 0 aromatic heterocycles. The molecule has 0 radical (unpaired) electrons. The largest absolute Gasteiger partial charge is 0.508 e. The lowest BCUT2D eigenvalue weighted by atomic mass is 9.82. The van der Waals surface area contributed by atoms with E-state index in [0.717, 1.165) is 30.4 Å². The van der Waals surface area contributed by atoms with Gasteiger partial charge in [0.15, 0.2) is 0 Å². The molecule has 2 rings (SSSR count). The molecule has 2 heteroatoms. The van der Waals surface area contributed by atoms with E-state index in [9.17, 15) is 10.2 Å². The van der Waals surface area contributed by atoms with Crippen molar-refractivity contribution in [1.29, 1.82) is 0 Å². The fourth-order valence-corrected chi connectivity index (χ4v) is 3.22. The molecule has 0 heterocycles. The van der Waals surface area contributed by atoms with Gasteiger partial charge in [-0.25, -0.2) is 0 Å². The van der Waals surface area contributed by atoms with Crippen LogP contribution in [0.4, 0.5) is 0 Å². The lowest BCUT2D eigenvalue weighted by Crippen LogP contribution is -2.06. The Kier molecular flexibility index (Phi) is 5.11. The average molecular weight is 274 g/mol. The molecule has 1 aliphatic carbocycles. The highest BCUT2D eigenvalue weighted by Gasteiger charge is 2.21. The number of rotatable bonds is 5. The molecule has 0 bridgehead atoms. The number of hydrogen-bond donors (Lipinski definition) is 2. The molecular formula is C18H26O2. The van der Waals surface area contributed by atoms with Crippen molar-refractivity contribution in [2.75, 3.05) is 0 Å². The van der Waals surface area contributed by atoms with E-state index in [2.05, 4.69) is 19.9 Å². The first-order valence-electron chi connectivity index (χ1n) is 7.84. The monoisotopic (exact) mass is 274 g/mol. The Labute approximate surface area is 122 Å². The maximum absolute atomic E-state index is 10.3. The predicted octanol–water partition coefficient (Wildman–Crippen LogP) is 5.04. The Hall–Kier alpha value is -1.44.